The molecule has 0 aliphatic carbocycles. The number of carbonyl (C=O) groups is 1. The summed E-state index contributed by atoms with van der Waals surface area (Å²) in [5.41, 5.74) is 2.14. The Balaban J connectivity index is 1.43. The SMILES string of the molecule is O=C(Cn1[nH]c(=O)c2ccccc2c1=O)OCc1ccc(-c2ccccc2)cc1. The van der Waals surface area contributed by atoms with Crippen molar-refractivity contribution in [1.82, 2.24) is 9.78 Å². The van der Waals surface area contributed by atoms with Gasteiger partial charge in [0.15, 0.2) is 0 Å². The van der Waals surface area contributed by atoms with Gasteiger partial charge in [-0.2, -0.15) is 0 Å². The van der Waals surface area contributed by atoms with E-state index in [9.17, 15) is 14.4 Å². The number of esters is 1. The third-order valence-corrected chi connectivity index (χ3v) is 4.63. The number of benzene rings is 3. The van der Waals surface area contributed by atoms with Gasteiger partial charge >= 0.3 is 5.97 Å². The van der Waals surface area contributed by atoms with E-state index in [2.05, 4.69) is 5.10 Å². The van der Waals surface area contributed by atoms with Crippen molar-refractivity contribution >= 4 is 16.7 Å². The van der Waals surface area contributed by atoms with Gasteiger partial charge in [0.1, 0.15) is 13.2 Å². The van der Waals surface area contributed by atoms with E-state index in [0.717, 1.165) is 21.4 Å². The maximum Gasteiger partial charge on any atom is 0.328 e. The Hall–Kier alpha value is -3.93. The zero-order chi connectivity index (χ0) is 20.2. The molecule has 144 valence electrons. The smallest absolute Gasteiger partial charge is 0.328 e. The standard InChI is InChI=1S/C23H18N2O4/c26-21(14-25-23(28)20-9-5-4-8-19(20)22(27)24-25)29-15-16-10-12-18(13-11-16)17-6-2-1-3-7-17/h1-13H,14-15H2,(H,24,27). The van der Waals surface area contributed by atoms with Crippen LogP contribution in [0.3, 0.4) is 0 Å². The average Bonchev–Trinajstić information content (AvgIpc) is 2.77. The highest BCUT2D eigenvalue weighted by atomic mass is 16.5. The fourth-order valence-electron chi connectivity index (χ4n) is 3.12. The molecule has 4 rings (SSSR count). The Labute approximate surface area is 166 Å². The van der Waals surface area contributed by atoms with Crippen molar-refractivity contribution in [3.05, 3.63) is 105 Å². The molecule has 0 aliphatic heterocycles. The number of ether oxygens (including phenoxy) is 1. The number of nitrogens with one attached hydrogen (secondary N) is 1. The summed E-state index contributed by atoms with van der Waals surface area (Å²) in [5.74, 6) is -0.606. The number of rotatable bonds is 5. The van der Waals surface area contributed by atoms with Crippen LogP contribution in [0.15, 0.2) is 88.5 Å². The quantitative estimate of drug-likeness (QED) is 0.535. The summed E-state index contributed by atoms with van der Waals surface area (Å²) in [4.78, 5) is 36.7. The summed E-state index contributed by atoms with van der Waals surface area (Å²) < 4.78 is 6.24. The molecular weight excluding hydrogens is 368 g/mol. The van der Waals surface area contributed by atoms with E-state index in [1.807, 2.05) is 54.6 Å². The van der Waals surface area contributed by atoms with Crippen LogP contribution in [0.25, 0.3) is 21.9 Å². The lowest BCUT2D eigenvalue weighted by Crippen LogP contribution is -2.32. The van der Waals surface area contributed by atoms with E-state index < -0.39 is 17.1 Å². The number of aromatic amines is 1. The average molecular weight is 386 g/mol. The lowest BCUT2D eigenvalue weighted by Gasteiger charge is -2.09. The van der Waals surface area contributed by atoms with Gasteiger partial charge < -0.3 is 4.74 Å². The number of hydrogen-bond acceptors (Lipinski definition) is 4. The first kappa shape index (κ1) is 18.4. The summed E-state index contributed by atoms with van der Waals surface area (Å²) in [7, 11) is 0. The molecule has 0 fully saturated rings. The lowest BCUT2D eigenvalue weighted by atomic mass is 10.0. The van der Waals surface area contributed by atoms with Gasteiger partial charge in [-0.15, -0.1) is 0 Å². The first-order valence-corrected chi connectivity index (χ1v) is 9.14. The molecule has 3 aromatic carbocycles. The van der Waals surface area contributed by atoms with Crippen molar-refractivity contribution in [2.24, 2.45) is 0 Å². The molecule has 1 aromatic heterocycles. The lowest BCUT2D eigenvalue weighted by molar-refractivity contribution is -0.146. The molecular formula is C23H18N2O4. The minimum absolute atomic E-state index is 0.0838. The van der Waals surface area contributed by atoms with E-state index >= 15 is 0 Å². The van der Waals surface area contributed by atoms with Gasteiger partial charge in [-0.25, -0.2) is 4.68 Å². The highest BCUT2D eigenvalue weighted by Gasteiger charge is 2.11. The number of carbonyl (C=O) groups excluding carboxylic acids is 1. The number of aromatic nitrogens is 2. The van der Waals surface area contributed by atoms with E-state index in [4.69, 9.17) is 4.74 Å². The molecule has 0 bridgehead atoms. The number of H-pyrrole nitrogens is 1. The van der Waals surface area contributed by atoms with Crippen LogP contribution in [0.4, 0.5) is 0 Å². The summed E-state index contributed by atoms with van der Waals surface area (Å²) in [5, 5.41) is 2.98. The predicted octanol–water partition coefficient (Wildman–Crippen LogP) is 3.10. The van der Waals surface area contributed by atoms with Crippen LogP contribution in [0.2, 0.25) is 0 Å². The molecule has 0 radical (unpaired) electrons. The molecule has 4 aromatic rings. The van der Waals surface area contributed by atoms with Crippen LogP contribution >= 0.6 is 0 Å². The van der Waals surface area contributed by atoms with Crippen LogP contribution in [0, 0.1) is 0 Å². The second-order valence-electron chi connectivity index (χ2n) is 6.60. The van der Waals surface area contributed by atoms with Crippen LogP contribution in [0.5, 0.6) is 0 Å². The molecule has 1 heterocycles. The van der Waals surface area contributed by atoms with Gasteiger partial charge in [0, 0.05) is 0 Å². The third-order valence-electron chi connectivity index (χ3n) is 4.63. The molecule has 0 atom stereocenters. The topological polar surface area (TPSA) is 81.2 Å². The second kappa shape index (κ2) is 7.98. The Kier molecular flexibility index (Phi) is 5.07. The molecule has 0 saturated heterocycles. The highest BCUT2D eigenvalue weighted by Crippen LogP contribution is 2.19. The first-order chi connectivity index (χ1) is 14.1. The second-order valence-corrected chi connectivity index (χ2v) is 6.60. The summed E-state index contributed by atoms with van der Waals surface area (Å²) in [6.07, 6.45) is 0. The number of nitrogens with zero attached hydrogens (tertiary/aromatic N) is 1. The summed E-state index contributed by atoms with van der Waals surface area (Å²) >= 11 is 0. The molecule has 0 spiro atoms. The normalized spacial score (nSPS) is 10.8. The minimum Gasteiger partial charge on any atom is -0.459 e. The van der Waals surface area contributed by atoms with Crippen molar-refractivity contribution in [3.63, 3.8) is 0 Å². The summed E-state index contributed by atoms with van der Waals surface area (Å²) in [6.45, 7) is -0.276. The van der Waals surface area contributed by atoms with Crippen molar-refractivity contribution in [2.75, 3.05) is 0 Å². The van der Waals surface area contributed by atoms with E-state index in [0.29, 0.717) is 5.39 Å². The van der Waals surface area contributed by atoms with E-state index in [-0.39, 0.29) is 18.5 Å². The minimum atomic E-state index is -0.606. The third kappa shape index (κ3) is 4.01. The summed E-state index contributed by atoms with van der Waals surface area (Å²) in [6, 6.07) is 24.1. The monoisotopic (exact) mass is 386 g/mol. The molecule has 29 heavy (non-hydrogen) atoms. The Morgan fingerprint density at radius 2 is 1.41 bits per heavy atom. The molecule has 1 N–H and O–H groups in total. The zero-order valence-electron chi connectivity index (χ0n) is 15.5. The largest absolute Gasteiger partial charge is 0.459 e. The highest BCUT2D eigenvalue weighted by molar-refractivity contribution is 5.80. The fourth-order valence-corrected chi connectivity index (χ4v) is 3.12. The van der Waals surface area contributed by atoms with Crippen LogP contribution < -0.4 is 11.1 Å². The number of fused-ring (bicyclic) bond motifs is 1. The fraction of sp³-hybridized carbons (Fsp3) is 0.0870. The van der Waals surface area contributed by atoms with Gasteiger partial charge in [0.2, 0.25) is 0 Å². The van der Waals surface area contributed by atoms with Crippen molar-refractivity contribution in [1.29, 1.82) is 0 Å². The van der Waals surface area contributed by atoms with Crippen LogP contribution in [-0.4, -0.2) is 15.7 Å². The molecule has 0 saturated carbocycles. The molecule has 0 amide bonds. The zero-order valence-corrected chi connectivity index (χ0v) is 15.5. The predicted molar refractivity (Wildman–Crippen MR) is 111 cm³/mol. The van der Waals surface area contributed by atoms with Crippen molar-refractivity contribution < 1.29 is 9.53 Å². The Morgan fingerprint density at radius 1 is 0.793 bits per heavy atom. The molecule has 0 unspecified atom stereocenters. The van der Waals surface area contributed by atoms with Gasteiger partial charge in [0.25, 0.3) is 11.1 Å². The van der Waals surface area contributed by atoms with E-state index in [1.54, 1.807) is 24.3 Å². The maximum absolute atomic E-state index is 12.4. The molecule has 6 heteroatoms. The van der Waals surface area contributed by atoms with Crippen LogP contribution in [0.1, 0.15) is 5.56 Å². The van der Waals surface area contributed by atoms with Gasteiger partial charge in [-0.05, 0) is 28.8 Å². The first-order valence-electron chi connectivity index (χ1n) is 9.14. The van der Waals surface area contributed by atoms with Crippen molar-refractivity contribution in [2.45, 2.75) is 13.2 Å². The Morgan fingerprint density at radius 3 is 2.14 bits per heavy atom. The van der Waals surface area contributed by atoms with Crippen LogP contribution in [-0.2, 0) is 22.7 Å². The van der Waals surface area contributed by atoms with Gasteiger partial charge in [-0.3, -0.25) is 19.5 Å². The van der Waals surface area contributed by atoms with Gasteiger partial charge in [-0.1, -0.05) is 66.7 Å². The number of hydrogen-bond donors (Lipinski definition) is 1. The Bertz CT molecular complexity index is 1270. The maximum atomic E-state index is 12.4. The molecule has 0 aliphatic rings. The van der Waals surface area contributed by atoms with Crippen molar-refractivity contribution in [3.8, 4) is 11.1 Å². The van der Waals surface area contributed by atoms with E-state index in [1.165, 1.54) is 0 Å². The van der Waals surface area contributed by atoms with Gasteiger partial charge in [0.05, 0.1) is 10.8 Å². The molecule has 6 nitrogen and oxygen atoms in total.